The number of esters is 1. The molecule has 23 heavy (non-hydrogen) atoms. The zero-order chi connectivity index (χ0) is 16.4. The largest absolute Gasteiger partial charge is 0.460 e. The number of hydrogen-bond donors (Lipinski definition) is 0. The zero-order valence-electron chi connectivity index (χ0n) is 14.1. The molecule has 4 atom stereocenters. The lowest BCUT2D eigenvalue weighted by atomic mass is 9.49. The molecule has 3 aliphatic carbocycles. The first-order valence-corrected chi connectivity index (χ1v) is 9.63. The van der Waals surface area contributed by atoms with Crippen LogP contribution in [-0.4, -0.2) is 40.0 Å². The van der Waals surface area contributed by atoms with Crippen molar-refractivity contribution in [3.63, 3.8) is 0 Å². The van der Waals surface area contributed by atoms with Crippen molar-refractivity contribution in [2.45, 2.75) is 57.4 Å². The van der Waals surface area contributed by atoms with Gasteiger partial charge in [0, 0.05) is 12.2 Å². The van der Waals surface area contributed by atoms with Crippen molar-refractivity contribution < 1.29 is 14.3 Å². The Balaban J connectivity index is 1.40. The van der Waals surface area contributed by atoms with Crippen LogP contribution in [-0.2, 0) is 14.3 Å². The molecule has 3 fully saturated rings. The number of nitrogens with zero attached hydrogens (tertiary/aromatic N) is 1. The molecule has 5 heteroatoms. The summed E-state index contributed by atoms with van der Waals surface area (Å²) in [6.45, 7) is 7.11. The lowest BCUT2D eigenvalue weighted by molar-refractivity contribution is -0.153. The molecule has 4 nitrogen and oxygen atoms in total. The second-order valence-electron chi connectivity index (χ2n) is 8.19. The van der Waals surface area contributed by atoms with Gasteiger partial charge in [-0.1, -0.05) is 19.9 Å². The van der Waals surface area contributed by atoms with E-state index >= 15 is 0 Å². The molecule has 2 unspecified atom stereocenters. The summed E-state index contributed by atoms with van der Waals surface area (Å²) < 4.78 is 5.64. The maximum absolute atomic E-state index is 12.5. The minimum atomic E-state index is -0.397. The number of carbonyl (C=O) groups is 2. The summed E-state index contributed by atoms with van der Waals surface area (Å²) in [7, 11) is 0. The number of allylic oxidation sites excluding steroid dienone is 1. The molecule has 2 bridgehead atoms. The molecule has 0 N–H and O–H groups in total. The fourth-order valence-corrected chi connectivity index (χ4v) is 6.30. The number of amides is 1. The third kappa shape index (κ3) is 2.19. The van der Waals surface area contributed by atoms with E-state index in [-0.39, 0.29) is 16.7 Å². The molecular weight excluding hydrogens is 310 g/mol. The van der Waals surface area contributed by atoms with E-state index in [1.807, 2.05) is 0 Å². The van der Waals surface area contributed by atoms with Crippen LogP contribution in [0.3, 0.4) is 0 Å². The highest BCUT2D eigenvalue weighted by Crippen LogP contribution is 2.59. The van der Waals surface area contributed by atoms with Crippen molar-refractivity contribution in [2.24, 2.45) is 17.3 Å². The molecule has 0 radical (unpaired) electrons. The van der Waals surface area contributed by atoms with Crippen LogP contribution in [0.25, 0.3) is 0 Å². The van der Waals surface area contributed by atoms with Gasteiger partial charge in [0.25, 0.3) is 0 Å². The summed E-state index contributed by atoms with van der Waals surface area (Å²) in [6, 6.07) is -0.397. The van der Waals surface area contributed by atoms with Gasteiger partial charge in [-0.05, 0) is 49.0 Å². The highest BCUT2D eigenvalue weighted by Gasteiger charge is 2.54. The van der Waals surface area contributed by atoms with Gasteiger partial charge in [0.05, 0.1) is 4.87 Å². The van der Waals surface area contributed by atoms with Gasteiger partial charge < -0.3 is 9.64 Å². The third-order valence-electron chi connectivity index (χ3n) is 6.68. The average Bonchev–Trinajstić information content (AvgIpc) is 3.01. The second kappa shape index (κ2) is 5.01. The van der Waals surface area contributed by atoms with Crippen LogP contribution in [0.1, 0.15) is 46.5 Å². The molecule has 5 aliphatic rings. The van der Waals surface area contributed by atoms with Crippen LogP contribution in [0.15, 0.2) is 11.6 Å². The van der Waals surface area contributed by atoms with Gasteiger partial charge in [-0.15, -0.1) is 11.8 Å². The number of thioether (sulfide) groups is 1. The van der Waals surface area contributed by atoms with E-state index in [0.717, 1.165) is 18.8 Å². The van der Waals surface area contributed by atoms with Gasteiger partial charge >= 0.3 is 5.97 Å². The first-order valence-electron chi connectivity index (χ1n) is 8.64. The maximum Gasteiger partial charge on any atom is 0.330 e. The van der Waals surface area contributed by atoms with E-state index in [1.165, 1.54) is 12.0 Å². The van der Waals surface area contributed by atoms with Gasteiger partial charge in [0.2, 0.25) is 5.91 Å². The number of ether oxygens (including phenoxy) is 1. The number of rotatable bonds is 3. The Labute approximate surface area is 142 Å². The van der Waals surface area contributed by atoms with E-state index in [9.17, 15) is 9.59 Å². The normalized spacial score (nSPS) is 40.5. The minimum absolute atomic E-state index is 0.0966. The summed E-state index contributed by atoms with van der Waals surface area (Å²) in [6.07, 6.45) is 6.00. The van der Waals surface area contributed by atoms with Crippen LogP contribution < -0.4 is 0 Å². The Morgan fingerprint density at radius 1 is 1.43 bits per heavy atom. The SMILES string of the molecule is CC1(C)[C@H]2CC=C(COC(=O)C3CSC4(C)CCC(=O)N34)[C@@H]1C2. The van der Waals surface area contributed by atoms with Crippen molar-refractivity contribution in [2.75, 3.05) is 12.4 Å². The van der Waals surface area contributed by atoms with Crippen molar-refractivity contribution >= 4 is 23.6 Å². The van der Waals surface area contributed by atoms with Crippen molar-refractivity contribution in [3.05, 3.63) is 11.6 Å². The standard InChI is InChI=1S/C18H25NO3S/c1-17(2)12-5-4-11(13(17)8-12)9-22-16(21)14-10-23-18(3)7-6-15(20)19(14)18/h4,12-14H,5-10H2,1-3H3/t12-,13-,14?,18?/m0/s1. The molecule has 126 valence electrons. The highest BCUT2D eigenvalue weighted by atomic mass is 32.2. The van der Waals surface area contributed by atoms with E-state index in [4.69, 9.17) is 4.74 Å². The fourth-order valence-electron chi connectivity index (χ4n) is 4.89. The molecular formula is C18H25NO3S. The predicted molar refractivity (Wildman–Crippen MR) is 89.8 cm³/mol. The molecule has 0 spiro atoms. The summed E-state index contributed by atoms with van der Waals surface area (Å²) in [4.78, 5) is 26.2. The van der Waals surface area contributed by atoms with E-state index in [2.05, 4.69) is 26.8 Å². The van der Waals surface area contributed by atoms with E-state index in [1.54, 1.807) is 16.7 Å². The zero-order valence-corrected chi connectivity index (χ0v) is 14.9. The highest BCUT2D eigenvalue weighted by molar-refractivity contribution is 8.01. The van der Waals surface area contributed by atoms with Gasteiger partial charge in [-0.2, -0.15) is 0 Å². The fraction of sp³-hybridized carbons (Fsp3) is 0.778. The Bertz CT molecular complexity index is 599. The number of carbonyl (C=O) groups excluding carboxylic acids is 2. The first kappa shape index (κ1) is 15.6. The Kier molecular flexibility index (Phi) is 3.39. The van der Waals surface area contributed by atoms with Gasteiger partial charge in [0.1, 0.15) is 12.6 Å². The van der Waals surface area contributed by atoms with Gasteiger partial charge in [-0.25, -0.2) is 4.79 Å². The lowest BCUT2D eigenvalue weighted by Crippen LogP contribution is -2.49. The Morgan fingerprint density at radius 3 is 2.91 bits per heavy atom. The molecule has 2 heterocycles. The lowest BCUT2D eigenvalue weighted by Gasteiger charge is -2.56. The monoisotopic (exact) mass is 335 g/mol. The molecule has 2 saturated heterocycles. The van der Waals surface area contributed by atoms with Crippen molar-refractivity contribution in [1.82, 2.24) is 4.90 Å². The molecule has 1 saturated carbocycles. The van der Waals surface area contributed by atoms with Crippen molar-refractivity contribution in [3.8, 4) is 0 Å². The number of fused-ring (bicyclic) bond motifs is 2. The molecule has 0 aromatic carbocycles. The summed E-state index contributed by atoms with van der Waals surface area (Å²) >= 11 is 1.71. The molecule has 1 amide bonds. The van der Waals surface area contributed by atoms with Gasteiger partial charge in [-0.3, -0.25) is 4.79 Å². The Hall–Kier alpha value is -0.970. The van der Waals surface area contributed by atoms with E-state index < -0.39 is 6.04 Å². The average molecular weight is 335 g/mol. The first-order chi connectivity index (χ1) is 10.8. The summed E-state index contributed by atoms with van der Waals surface area (Å²) in [5.41, 5.74) is 1.63. The molecule has 5 rings (SSSR count). The van der Waals surface area contributed by atoms with Gasteiger partial charge in [0.15, 0.2) is 0 Å². The maximum atomic E-state index is 12.5. The van der Waals surface area contributed by atoms with Crippen LogP contribution in [0.5, 0.6) is 0 Å². The van der Waals surface area contributed by atoms with E-state index in [0.29, 0.717) is 30.1 Å². The third-order valence-corrected chi connectivity index (χ3v) is 8.19. The quantitative estimate of drug-likeness (QED) is 0.588. The Morgan fingerprint density at radius 2 is 2.22 bits per heavy atom. The summed E-state index contributed by atoms with van der Waals surface area (Å²) in [5.74, 6) is 1.89. The predicted octanol–water partition coefficient (Wildman–Crippen LogP) is 2.98. The minimum Gasteiger partial charge on any atom is -0.460 e. The van der Waals surface area contributed by atoms with Crippen LogP contribution in [0.4, 0.5) is 0 Å². The summed E-state index contributed by atoms with van der Waals surface area (Å²) in [5, 5.41) is 0. The molecule has 0 aromatic rings. The van der Waals surface area contributed by atoms with Crippen molar-refractivity contribution in [1.29, 1.82) is 0 Å². The smallest absolute Gasteiger partial charge is 0.330 e. The second-order valence-corrected chi connectivity index (χ2v) is 9.70. The van der Waals surface area contributed by atoms with Crippen LogP contribution in [0, 0.1) is 17.3 Å². The topological polar surface area (TPSA) is 46.6 Å². The molecule has 0 aromatic heterocycles. The molecule has 2 aliphatic heterocycles. The number of hydrogen-bond acceptors (Lipinski definition) is 4. The van der Waals surface area contributed by atoms with Crippen LogP contribution in [0.2, 0.25) is 0 Å². The van der Waals surface area contributed by atoms with Crippen LogP contribution >= 0.6 is 11.8 Å².